The Balaban J connectivity index is 2.66. The van der Waals surface area contributed by atoms with Gasteiger partial charge in [0.15, 0.2) is 0 Å². The first kappa shape index (κ1) is 10.6. The second-order valence-corrected chi connectivity index (χ2v) is 3.76. The lowest BCUT2D eigenvalue weighted by Crippen LogP contribution is -2.15. The molecule has 0 heterocycles. The van der Waals surface area contributed by atoms with E-state index in [2.05, 4.69) is 5.32 Å². The first-order valence-electron chi connectivity index (χ1n) is 3.96. The van der Waals surface area contributed by atoms with Crippen LogP contribution in [0, 0.1) is 0 Å². The van der Waals surface area contributed by atoms with E-state index in [0.29, 0.717) is 16.6 Å². The van der Waals surface area contributed by atoms with Crippen LogP contribution < -0.4 is 5.32 Å². The Morgan fingerprint density at radius 2 is 1.85 bits per heavy atom. The van der Waals surface area contributed by atoms with Crippen molar-refractivity contribution in [2.45, 2.75) is 13.0 Å². The molecule has 72 valence electrons. The highest BCUT2D eigenvalue weighted by Gasteiger charge is 1.99. The van der Waals surface area contributed by atoms with Gasteiger partial charge >= 0.3 is 0 Å². The molecule has 0 spiro atoms. The van der Waals surface area contributed by atoms with Crippen molar-refractivity contribution < 1.29 is 5.11 Å². The van der Waals surface area contributed by atoms with E-state index in [1.54, 1.807) is 25.1 Å². The smallest absolute Gasteiger partial charge is 0.0684 e. The van der Waals surface area contributed by atoms with E-state index < -0.39 is 6.10 Å². The molecule has 0 unspecified atom stereocenters. The van der Waals surface area contributed by atoms with Gasteiger partial charge in [0.1, 0.15) is 0 Å². The third-order valence-corrected chi connectivity index (χ3v) is 1.90. The Bertz CT molecular complexity index is 269. The lowest BCUT2D eigenvalue weighted by atomic mass is 10.3. The van der Waals surface area contributed by atoms with Crippen molar-refractivity contribution in [3.63, 3.8) is 0 Å². The number of hydrogen-bond donors (Lipinski definition) is 2. The molecular weight excluding hydrogens is 209 g/mol. The quantitative estimate of drug-likeness (QED) is 0.820. The summed E-state index contributed by atoms with van der Waals surface area (Å²) in [7, 11) is 0. The van der Waals surface area contributed by atoms with E-state index in [0.717, 1.165) is 5.69 Å². The SMILES string of the molecule is C[C@H](O)CNc1cc(Cl)cc(Cl)c1. The number of halogens is 2. The predicted octanol–water partition coefficient (Wildman–Crippen LogP) is 2.79. The molecule has 13 heavy (non-hydrogen) atoms. The number of aliphatic hydroxyl groups is 1. The van der Waals surface area contributed by atoms with Gasteiger partial charge in [-0.1, -0.05) is 23.2 Å². The molecule has 1 rings (SSSR count). The summed E-state index contributed by atoms with van der Waals surface area (Å²) >= 11 is 11.6. The standard InChI is InChI=1S/C9H11Cl2NO/c1-6(13)5-12-9-3-7(10)2-8(11)4-9/h2-4,6,12-13H,5H2,1H3/t6-/m0/s1. The van der Waals surface area contributed by atoms with Crippen molar-refractivity contribution in [1.29, 1.82) is 0 Å². The number of anilines is 1. The zero-order valence-electron chi connectivity index (χ0n) is 7.22. The van der Waals surface area contributed by atoms with Crippen LogP contribution in [0.4, 0.5) is 5.69 Å². The molecule has 0 saturated carbocycles. The van der Waals surface area contributed by atoms with E-state index >= 15 is 0 Å². The molecule has 0 saturated heterocycles. The van der Waals surface area contributed by atoms with Crippen LogP contribution in [0.5, 0.6) is 0 Å². The van der Waals surface area contributed by atoms with Crippen molar-refractivity contribution in [3.05, 3.63) is 28.2 Å². The molecule has 0 amide bonds. The fourth-order valence-electron chi connectivity index (χ4n) is 0.921. The second-order valence-electron chi connectivity index (χ2n) is 2.89. The summed E-state index contributed by atoms with van der Waals surface area (Å²) in [6.45, 7) is 2.19. The zero-order chi connectivity index (χ0) is 9.84. The van der Waals surface area contributed by atoms with Crippen LogP contribution in [-0.4, -0.2) is 17.8 Å². The molecule has 2 nitrogen and oxygen atoms in total. The fourth-order valence-corrected chi connectivity index (χ4v) is 1.45. The van der Waals surface area contributed by atoms with Crippen molar-refractivity contribution in [2.75, 3.05) is 11.9 Å². The molecule has 1 aromatic rings. The Labute approximate surface area is 87.5 Å². The Morgan fingerprint density at radius 3 is 2.31 bits per heavy atom. The first-order valence-corrected chi connectivity index (χ1v) is 4.71. The molecule has 1 aromatic carbocycles. The summed E-state index contributed by atoms with van der Waals surface area (Å²) < 4.78 is 0. The molecular formula is C9H11Cl2NO. The highest BCUT2D eigenvalue weighted by molar-refractivity contribution is 6.35. The Morgan fingerprint density at radius 1 is 1.31 bits per heavy atom. The molecule has 2 N–H and O–H groups in total. The molecule has 0 bridgehead atoms. The Kier molecular flexibility index (Phi) is 3.85. The number of aliphatic hydroxyl groups excluding tert-OH is 1. The van der Waals surface area contributed by atoms with Crippen molar-refractivity contribution >= 4 is 28.9 Å². The van der Waals surface area contributed by atoms with Crippen molar-refractivity contribution in [3.8, 4) is 0 Å². The maximum atomic E-state index is 9.02. The molecule has 0 radical (unpaired) electrons. The third kappa shape index (κ3) is 3.85. The van der Waals surface area contributed by atoms with Crippen LogP contribution in [0.1, 0.15) is 6.92 Å². The average molecular weight is 220 g/mol. The van der Waals surface area contributed by atoms with E-state index in [-0.39, 0.29) is 0 Å². The minimum atomic E-state index is -0.391. The first-order chi connectivity index (χ1) is 6.08. The summed E-state index contributed by atoms with van der Waals surface area (Å²) in [6.07, 6.45) is -0.391. The van der Waals surface area contributed by atoms with Gasteiger partial charge in [-0.05, 0) is 25.1 Å². The van der Waals surface area contributed by atoms with Crippen LogP contribution in [0.15, 0.2) is 18.2 Å². The lowest BCUT2D eigenvalue weighted by Gasteiger charge is -2.08. The van der Waals surface area contributed by atoms with E-state index in [4.69, 9.17) is 28.3 Å². The molecule has 0 aliphatic rings. The van der Waals surface area contributed by atoms with Gasteiger partial charge in [0.25, 0.3) is 0 Å². The van der Waals surface area contributed by atoms with Crippen LogP contribution >= 0.6 is 23.2 Å². The fraction of sp³-hybridized carbons (Fsp3) is 0.333. The molecule has 0 fully saturated rings. The van der Waals surface area contributed by atoms with Crippen LogP contribution in [0.3, 0.4) is 0 Å². The summed E-state index contributed by atoms with van der Waals surface area (Å²) in [5.74, 6) is 0. The molecule has 4 heteroatoms. The highest BCUT2D eigenvalue weighted by atomic mass is 35.5. The molecule has 0 aromatic heterocycles. The van der Waals surface area contributed by atoms with Gasteiger partial charge in [0.2, 0.25) is 0 Å². The van der Waals surface area contributed by atoms with Crippen LogP contribution in [0.25, 0.3) is 0 Å². The summed E-state index contributed by atoms with van der Waals surface area (Å²) in [5, 5.41) is 13.2. The monoisotopic (exact) mass is 219 g/mol. The maximum absolute atomic E-state index is 9.02. The van der Waals surface area contributed by atoms with Crippen molar-refractivity contribution in [2.24, 2.45) is 0 Å². The Hall–Kier alpha value is -0.440. The zero-order valence-corrected chi connectivity index (χ0v) is 8.73. The van der Waals surface area contributed by atoms with E-state index in [1.165, 1.54) is 0 Å². The van der Waals surface area contributed by atoms with Gasteiger partial charge in [0.05, 0.1) is 6.10 Å². The van der Waals surface area contributed by atoms with Gasteiger partial charge in [-0.25, -0.2) is 0 Å². The van der Waals surface area contributed by atoms with Crippen LogP contribution in [-0.2, 0) is 0 Å². The third-order valence-electron chi connectivity index (χ3n) is 1.46. The number of hydrogen-bond acceptors (Lipinski definition) is 2. The van der Waals surface area contributed by atoms with Crippen LogP contribution in [0.2, 0.25) is 10.0 Å². The average Bonchev–Trinajstić information content (AvgIpc) is 1.99. The minimum absolute atomic E-state index is 0.391. The highest BCUT2D eigenvalue weighted by Crippen LogP contribution is 2.22. The summed E-state index contributed by atoms with van der Waals surface area (Å²) in [4.78, 5) is 0. The van der Waals surface area contributed by atoms with Gasteiger partial charge in [-0.15, -0.1) is 0 Å². The summed E-state index contributed by atoms with van der Waals surface area (Å²) in [5.41, 5.74) is 0.818. The van der Waals surface area contributed by atoms with Gasteiger partial charge in [-0.3, -0.25) is 0 Å². The predicted molar refractivity (Wildman–Crippen MR) is 56.6 cm³/mol. The lowest BCUT2D eigenvalue weighted by molar-refractivity contribution is 0.208. The second kappa shape index (κ2) is 4.70. The number of nitrogens with one attached hydrogen (secondary N) is 1. The largest absolute Gasteiger partial charge is 0.392 e. The topological polar surface area (TPSA) is 32.3 Å². The number of benzene rings is 1. The van der Waals surface area contributed by atoms with E-state index in [9.17, 15) is 0 Å². The minimum Gasteiger partial charge on any atom is -0.392 e. The van der Waals surface area contributed by atoms with Crippen molar-refractivity contribution in [1.82, 2.24) is 0 Å². The van der Waals surface area contributed by atoms with Gasteiger partial charge < -0.3 is 10.4 Å². The molecule has 0 aliphatic carbocycles. The molecule has 1 atom stereocenters. The summed E-state index contributed by atoms with van der Waals surface area (Å²) in [6, 6.07) is 5.18. The van der Waals surface area contributed by atoms with E-state index in [1.807, 2.05) is 0 Å². The van der Waals surface area contributed by atoms with Gasteiger partial charge in [0, 0.05) is 22.3 Å². The normalized spacial score (nSPS) is 12.6. The number of rotatable bonds is 3. The van der Waals surface area contributed by atoms with Gasteiger partial charge in [-0.2, -0.15) is 0 Å². The maximum Gasteiger partial charge on any atom is 0.0684 e. The molecule has 0 aliphatic heterocycles.